The lowest BCUT2D eigenvalue weighted by Crippen LogP contribution is -2.45. The first-order valence-corrected chi connectivity index (χ1v) is 12.6. The minimum absolute atomic E-state index is 0.0559. The highest BCUT2D eigenvalue weighted by Crippen LogP contribution is 2.42. The Hall–Kier alpha value is -2.82. The summed E-state index contributed by atoms with van der Waals surface area (Å²) in [5.41, 5.74) is 1.86. The van der Waals surface area contributed by atoms with Gasteiger partial charge in [0.1, 0.15) is 23.6 Å². The average molecular weight is 501 g/mol. The minimum atomic E-state index is -0.669. The molecule has 1 aromatic carbocycles. The number of nitrogens with one attached hydrogen (secondary N) is 1. The number of halogens is 2. The van der Waals surface area contributed by atoms with E-state index in [2.05, 4.69) is 10.3 Å². The van der Waals surface area contributed by atoms with E-state index in [4.69, 9.17) is 14.2 Å². The fourth-order valence-electron chi connectivity index (χ4n) is 5.67. The van der Waals surface area contributed by atoms with E-state index in [0.717, 1.165) is 12.6 Å². The van der Waals surface area contributed by atoms with E-state index in [-0.39, 0.29) is 36.8 Å². The van der Waals surface area contributed by atoms with Crippen LogP contribution in [0.2, 0.25) is 0 Å². The molecule has 4 atom stereocenters. The first kappa shape index (κ1) is 23.6. The predicted molar refractivity (Wildman–Crippen MR) is 130 cm³/mol. The molecule has 3 fully saturated rings. The van der Waals surface area contributed by atoms with Crippen molar-refractivity contribution in [2.45, 2.75) is 70.1 Å². The Morgan fingerprint density at radius 1 is 1.17 bits per heavy atom. The molecule has 8 nitrogen and oxygen atoms in total. The van der Waals surface area contributed by atoms with Crippen LogP contribution in [0.5, 0.6) is 0 Å². The molecule has 2 bridgehead atoms. The van der Waals surface area contributed by atoms with Crippen molar-refractivity contribution in [1.29, 1.82) is 0 Å². The molecule has 2 aromatic rings. The van der Waals surface area contributed by atoms with E-state index >= 15 is 4.39 Å². The van der Waals surface area contributed by atoms with Crippen molar-refractivity contribution in [3.63, 3.8) is 0 Å². The van der Waals surface area contributed by atoms with Gasteiger partial charge in [-0.2, -0.15) is 0 Å². The Balaban J connectivity index is 1.34. The van der Waals surface area contributed by atoms with Crippen LogP contribution in [0.4, 0.5) is 31.7 Å². The van der Waals surface area contributed by atoms with Gasteiger partial charge in [0, 0.05) is 18.2 Å². The van der Waals surface area contributed by atoms with Gasteiger partial charge in [0.25, 0.3) is 5.91 Å². The van der Waals surface area contributed by atoms with Crippen LogP contribution in [0.1, 0.15) is 38.7 Å². The van der Waals surface area contributed by atoms with Crippen LogP contribution in [0.3, 0.4) is 0 Å². The molecule has 1 amide bonds. The first-order valence-electron chi connectivity index (χ1n) is 12.6. The molecule has 1 aromatic heterocycles. The molecular formula is C26H30F2N4O4. The zero-order valence-corrected chi connectivity index (χ0v) is 20.4. The fraction of sp³-hybridized carbons (Fsp3) is 0.538. The maximum Gasteiger partial charge on any atom is 0.256 e. The first-order chi connectivity index (χ1) is 17.4. The Bertz CT molecular complexity index is 1170. The molecule has 1 N–H and O–H groups in total. The van der Waals surface area contributed by atoms with Crippen molar-refractivity contribution in [2.24, 2.45) is 0 Å². The molecule has 4 aliphatic rings. The highest BCUT2D eigenvalue weighted by molar-refractivity contribution is 6.01. The van der Waals surface area contributed by atoms with Gasteiger partial charge >= 0.3 is 0 Å². The van der Waals surface area contributed by atoms with Gasteiger partial charge in [-0.3, -0.25) is 4.79 Å². The molecular weight excluding hydrogens is 470 g/mol. The number of aromatic nitrogens is 1. The molecule has 0 aliphatic carbocycles. The van der Waals surface area contributed by atoms with Gasteiger partial charge < -0.3 is 29.3 Å². The summed E-state index contributed by atoms with van der Waals surface area (Å²) < 4.78 is 47.0. The van der Waals surface area contributed by atoms with E-state index in [1.807, 2.05) is 18.7 Å². The van der Waals surface area contributed by atoms with E-state index in [0.29, 0.717) is 61.0 Å². The third-order valence-corrected chi connectivity index (χ3v) is 7.32. The quantitative estimate of drug-likeness (QED) is 0.683. The highest BCUT2D eigenvalue weighted by Gasteiger charge is 2.41. The second-order valence-corrected chi connectivity index (χ2v) is 10.2. The molecule has 10 heteroatoms. The van der Waals surface area contributed by atoms with Crippen molar-refractivity contribution >= 4 is 28.8 Å². The molecule has 0 saturated carbocycles. The summed E-state index contributed by atoms with van der Waals surface area (Å²) in [6.45, 7) is 5.52. The number of hydrogen-bond acceptors (Lipinski definition) is 7. The third-order valence-electron chi connectivity index (χ3n) is 7.32. The number of morpholine rings is 1. The number of amides is 1. The zero-order chi connectivity index (χ0) is 25.0. The molecule has 4 aliphatic heterocycles. The third kappa shape index (κ3) is 4.31. The van der Waals surface area contributed by atoms with Crippen molar-refractivity contribution in [2.75, 3.05) is 34.9 Å². The van der Waals surface area contributed by atoms with Crippen molar-refractivity contribution in [3.8, 4) is 0 Å². The molecule has 192 valence electrons. The number of anilines is 4. The fourth-order valence-corrected chi connectivity index (χ4v) is 5.67. The van der Waals surface area contributed by atoms with Gasteiger partial charge in [-0.25, -0.2) is 13.8 Å². The van der Waals surface area contributed by atoms with Gasteiger partial charge in [0.2, 0.25) is 0 Å². The molecule has 0 unspecified atom stereocenters. The van der Waals surface area contributed by atoms with Crippen LogP contribution < -0.4 is 15.1 Å². The van der Waals surface area contributed by atoms with Crippen LogP contribution in [0.25, 0.3) is 0 Å². The number of rotatable bonds is 4. The Morgan fingerprint density at radius 3 is 2.72 bits per heavy atom. The van der Waals surface area contributed by atoms with Crippen molar-refractivity contribution in [3.05, 3.63) is 41.6 Å². The predicted octanol–water partition coefficient (Wildman–Crippen LogP) is 3.90. The Labute approximate surface area is 208 Å². The summed E-state index contributed by atoms with van der Waals surface area (Å²) in [6.07, 6.45) is 2.62. The lowest BCUT2D eigenvalue weighted by atomic mass is 10.0. The summed E-state index contributed by atoms with van der Waals surface area (Å²) >= 11 is 0. The number of hydrogen-bond donors (Lipinski definition) is 1. The lowest BCUT2D eigenvalue weighted by Gasteiger charge is -2.34. The number of benzene rings is 1. The van der Waals surface area contributed by atoms with Crippen LogP contribution in [0, 0.1) is 11.6 Å². The average Bonchev–Trinajstić information content (AvgIpc) is 3.44. The minimum Gasteiger partial charge on any atom is -0.374 e. The summed E-state index contributed by atoms with van der Waals surface area (Å²) in [6, 6.07) is 4.57. The van der Waals surface area contributed by atoms with Gasteiger partial charge in [-0.1, -0.05) is 0 Å². The van der Waals surface area contributed by atoms with Crippen LogP contribution in [0.15, 0.2) is 24.4 Å². The molecule has 5 heterocycles. The monoisotopic (exact) mass is 500 g/mol. The van der Waals surface area contributed by atoms with Gasteiger partial charge in [-0.15, -0.1) is 0 Å². The number of fused-ring (bicyclic) bond motifs is 4. The van der Waals surface area contributed by atoms with Crippen LogP contribution >= 0.6 is 0 Å². The zero-order valence-electron chi connectivity index (χ0n) is 20.4. The topological polar surface area (TPSA) is 76.2 Å². The standard InChI is InChI=1S/C26H30F2N4O4/c1-14(2)36-18-3-4-24(35-13-18)26(33)32-10-15-5-16(27)9-29-25(15)30-21-7-20(28)22(8-23(21)32)31-11-19-6-17(31)12-34-19/h5,7-9,14,17-19,24H,3-4,6,10-13H2,1-2H3,(H,29,30)/t17-,18-,19-,24+/m0/s1. The maximum atomic E-state index is 15.4. The molecule has 0 spiro atoms. The maximum absolute atomic E-state index is 15.4. The van der Waals surface area contributed by atoms with Crippen LogP contribution in [-0.2, 0) is 25.5 Å². The number of pyridine rings is 1. The smallest absolute Gasteiger partial charge is 0.256 e. The van der Waals surface area contributed by atoms with Crippen LogP contribution in [-0.4, -0.2) is 61.1 Å². The number of carbonyl (C=O) groups excluding carboxylic acids is 1. The summed E-state index contributed by atoms with van der Waals surface area (Å²) in [7, 11) is 0. The molecule has 36 heavy (non-hydrogen) atoms. The second kappa shape index (κ2) is 9.24. The lowest BCUT2D eigenvalue weighted by molar-refractivity contribution is -0.143. The summed E-state index contributed by atoms with van der Waals surface area (Å²) in [4.78, 5) is 21.6. The molecule has 3 saturated heterocycles. The second-order valence-electron chi connectivity index (χ2n) is 10.2. The number of nitrogens with zero attached hydrogens (tertiary/aromatic N) is 3. The van der Waals surface area contributed by atoms with E-state index in [1.165, 1.54) is 12.1 Å². The van der Waals surface area contributed by atoms with Gasteiger partial charge in [0.05, 0.1) is 67.4 Å². The summed E-state index contributed by atoms with van der Waals surface area (Å²) in [5.74, 6) is -0.753. The Morgan fingerprint density at radius 2 is 2.03 bits per heavy atom. The molecule has 6 rings (SSSR count). The van der Waals surface area contributed by atoms with Crippen molar-refractivity contribution in [1.82, 2.24) is 4.98 Å². The number of carbonyl (C=O) groups is 1. The highest BCUT2D eigenvalue weighted by atomic mass is 19.1. The Kier molecular flexibility index (Phi) is 6.05. The van der Waals surface area contributed by atoms with E-state index < -0.39 is 17.7 Å². The number of ether oxygens (including phenoxy) is 3. The van der Waals surface area contributed by atoms with E-state index in [1.54, 1.807) is 11.0 Å². The largest absolute Gasteiger partial charge is 0.374 e. The van der Waals surface area contributed by atoms with Crippen molar-refractivity contribution < 1.29 is 27.8 Å². The van der Waals surface area contributed by atoms with E-state index in [9.17, 15) is 9.18 Å². The summed E-state index contributed by atoms with van der Waals surface area (Å²) in [5, 5.41) is 3.12. The molecule has 0 radical (unpaired) electrons. The normalized spacial score (nSPS) is 27.0. The van der Waals surface area contributed by atoms with Gasteiger partial charge in [-0.05, 0) is 45.2 Å². The van der Waals surface area contributed by atoms with Gasteiger partial charge in [0.15, 0.2) is 0 Å². The SMILES string of the molecule is CC(C)O[C@H]1CC[C@H](C(=O)N2Cc3cc(F)cnc3Nc3cc(F)c(N4C[C@@H]5C[C@H]4CO5)cc32)OC1.